The number of aliphatic hydroxyl groups is 2. The third kappa shape index (κ3) is 6.90. The minimum absolute atomic E-state index is 0.121. The summed E-state index contributed by atoms with van der Waals surface area (Å²) in [6.45, 7) is 3.78. The van der Waals surface area contributed by atoms with E-state index in [0.29, 0.717) is 32.7 Å². The average Bonchev–Trinajstić information content (AvgIpc) is 2.85. The zero-order valence-corrected chi connectivity index (χ0v) is 20.1. The second-order valence-electron chi connectivity index (χ2n) is 7.38. The van der Waals surface area contributed by atoms with Crippen molar-refractivity contribution in [2.45, 2.75) is 24.7 Å². The van der Waals surface area contributed by atoms with Gasteiger partial charge in [-0.15, -0.1) is 11.8 Å². The molecule has 0 saturated heterocycles. The molecule has 2 N–H and O–H groups in total. The van der Waals surface area contributed by atoms with E-state index in [-0.39, 0.29) is 13.2 Å². The molecule has 176 valence electrons. The van der Waals surface area contributed by atoms with Crippen LogP contribution in [-0.2, 0) is 0 Å². The Balaban J connectivity index is 1.96. The molecule has 0 spiro atoms. The van der Waals surface area contributed by atoms with E-state index in [0.717, 1.165) is 44.4 Å². The summed E-state index contributed by atoms with van der Waals surface area (Å²) in [7, 11) is 0. The summed E-state index contributed by atoms with van der Waals surface area (Å²) in [4.78, 5) is 1.15. The van der Waals surface area contributed by atoms with Crippen molar-refractivity contribution in [3.63, 3.8) is 0 Å². The van der Waals surface area contributed by atoms with Crippen molar-refractivity contribution in [1.82, 2.24) is 0 Å². The zero-order chi connectivity index (χ0) is 23.5. The highest BCUT2D eigenvalue weighted by Gasteiger charge is 2.16. The number of ether oxygens (including phenoxy) is 3. The molecule has 0 saturated carbocycles. The van der Waals surface area contributed by atoms with Gasteiger partial charge in [-0.25, -0.2) is 0 Å². The van der Waals surface area contributed by atoms with Gasteiger partial charge in [0.25, 0.3) is 0 Å². The van der Waals surface area contributed by atoms with Gasteiger partial charge in [0, 0.05) is 42.1 Å². The van der Waals surface area contributed by atoms with E-state index >= 15 is 0 Å². The van der Waals surface area contributed by atoms with E-state index in [1.54, 1.807) is 11.8 Å². The molecule has 0 bridgehead atoms. The molecular formula is C27H32O5S. The average molecular weight is 469 g/mol. The number of hydrogen-bond acceptors (Lipinski definition) is 6. The summed E-state index contributed by atoms with van der Waals surface area (Å²) in [6.07, 6.45) is 3.29. The Hall–Kier alpha value is -2.67. The summed E-state index contributed by atoms with van der Waals surface area (Å²) >= 11 is 1.69. The van der Waals surface area contributed by atoms with Gasteiger partial charge < -0.3 is 24.4 Å². The monoisotopic (exact) mass is 468 g/mol. The highest BCUT2D eigenvalue weighted by atomic mass is 32.2. The van der Waals surface area contributed by atoms with Gasteiger partial charge >= 0.3 is 0 Å². The van der Waals surface area contributed by atoms with Crippen LogP contribution in [0.25, 0.3) is 22.3 Å². The van der Waals surface area contributed by atoms with Crippen molar-refractivity contribution in [2.24, 2.45) is 0 Å². The lowest BCUT2D eigenvalue weighted by atomic mass is 9.97. The van der Waals surface area contributed by atoms with Crippen LogP contribution >= 0.6 is 11.8 Å². The fourth-order valence-electron chi connectivity index (χ4n) is 3.42. The molecule has 3 aromatic rings. The summed E-state index contributed by atoms with van der Waals surface area (Å²) in [5, 5.41) is 17.9. The highest BCUT2D eigenvalue weighted by Crippen LogP contribution is 2.42. The van der Waals surface area contributed by atoms with Crippen molar-refractivity contribution in [3.8, 4) is 39.5 Å². The molecule has 0 amide bonds. The molecule has 0 unspecified atom stereocenters. The van der Waals surface area contributed by atoms with E-state index in [1.165, 1.54) is 0 Å². The first-order valence-electron chi connectivity index (χ1n) is 11.2. The molecule has 33 heavy (non-hydrogen) atoms. The first-order chi connectivity index (χ1) is 16.2. The largest absolute Gasteiger partial charge is 0.494 e. The van der Waals surface area contributed by atoms with Gasteiger partial charge in [-0.3, -0.25) is 0 Å². The van der Waals surface area contributed by atoms with Gasteiger partial charge in [-0.05, 0) is 60.7 Å². The molecule has 0 aliphatic rings. The summed E-state index contributed by atoms with van der Waals surface area (Å²) < 4.78 is 17.5. The van der Waals surface area contributed by atoms with Crippen molar-refractivity contribution in [1.29, 1.82) is 0 Å². The first-order valence-corrected chi connectivity index (χ1v) is 12.5. The molecule has 0 aliphatic carbocycles. The van der Waals surface area contributed by atoms with Crippen LogP contribution in [0.3, 0.4) is 0 Å². The minimum Gasteiger partial charge on any atom is -0.494 e. The van der Waals surface area contributed by atoms with E-state index in [9.17, 15) is 0 Å². The Kier molecular flexibility index (Phi) is 9.94. The molecule has 0 aliphatic heterocycles. The summed E-state index contributed by atoms with van der Waals surface area (Å²) in [6, 6.07) is 20.3. The second-order valence-corrected chi connectivity index (χ2v) is 8.26. The third-order valence-corrected chi connectivity index (χ3v) is 5.77. The Morgan fingerprint density at radius 2 is 1.15 bits per heavy atom. The number of benzene rings is 3. The van der Waals surface area contributed by atoms with E-state index < -0.39 is 0 Å². The van der Waals surface area contributed by atoms with Crippen LogP contribution in [0.4, 0.5) is 0 Å². The molecule has 0 aromatic heterocycles. The predicted octanol–water partition coefficient (Wildman–Crippen LogP) is 5.66. The van der Waals surface area contributed by atoms with E-state index in [2.05, 4.69) is 18.4 Å². The van der Waals surface area contributed by atoms with Crippen molar-refractivity contribution in [2.75, 3.05) is 39.3 Å². The molecule has 0 heterocycles. The van der Waals surface area contributed by atoms with Crippen LogP contribution in [0, 0.1) is 0 Å². The van der Waals surface area contributed by atoms with Gasteiger partial charge in [0.2, 0.25) is 0 Å². The number of rotatable bonds is 13. The summed E-state index contributed by atoms with van der Waals surface area (Å²) in [5.41, 5.74) is 4.16. The number of hydrogen-bond donors (Lipinski definition) is 2. The smallest absolute Gasteiger partial charge is 0.134 e. The Morgan fingerprint density at radius 1 is 0.697 bits per heavy atom. The van der Waals surface area contributed by atoms with Gasteiger partial charge in [0.15, 0.2) is 0 Å². The lowest BCUT2D eigenvalue weighted by Crippen LogP contribution is -2.00. The molecule has 0 atom stereocenters. The fraction of sp³-hybridized carbons (Fsp3) is 0.333. The van der Waals surface area contributed by atoms with Crippen LogP contribution in [-0.4, -0.2) is 49.5 Å². The molecule has 3 rings (SSSR count). The maximum absolute atomic E-state index is 8.94. The van der Waals surface area contributed by atoms with E-state index in [4.69, 9.17) is 24.4 Å². The highest BCUT2D eigenvalue weighted by molar-refractivity contribution is 7.98. The van der Waals surface area contributed by atoms with Crippen LogP contribution in [0.2, 0.25) is 0 Å². The van der Waals surface area contributed by atoms with Gasteiger partial charge in [-0.1, -0.05) is 24.3 Å². The molecule has 0 radical (unpaired) electrons. The lowest BCUT2D eigenvalue weighted by Gasteiger charge is -2.18. The van der Waals surface area contributed by atoms with Crippen molar-refractivity contribution in [3.05, 3.63) is 60.7 Å². The fourth-order valence-corrected chi connectivity index (χ4v) is 3.89. The molecule has 0 fully saturated rings. The third-order valence-electron chi connectivity index (χ3n) is 5.06. The van der Waals surface area contributed by atoms with Crippen molar-refractivity contribution < 1.29 is 24.4 Å². The van der Waals surface area contributed by atoms with Crippen LogP contribution in [0.1, 0.15) is 19.8 Å². The first kappa shape index (κ1) is 25.0. The second kappa shape index (κ2) is 13.1. The standard InChI is InChI=1S/C27H32O5S/c1-3-30-27-25(20-6-10-22(11-7-20)31-16-4-14-28)18-24(33-2)19-26(27)21-8-12-23(13-9-21)32-17-5-15-29/h6-13,18-19,28-29H,3-5,14-17H2,1-2H3. The van der Waals surface area contributed by atoms with Crippen LogP contribution in [0.5, 0.6) is 17.2 Å². The molecule has 5 nitrogen and oxygen atoms in total. The minimum atomic E-state index is 0.121. The lowest BCUT2D eigenvalue weighted by molar-refractivity contribution is 0.233. The Bertz CT molecular complexity index is 912. The molecule has 3 aromatic carbocycles. The normalized spacial score (nSPS) is 10.8. The van der Waals surface area contributed by atoms with Crippen molar-refractivity contribution >= 4 is 11.8 Å². The van der Waals surface area contributed by atoms with Crippen LogP contribution < -0.4 is 14.2 Å². The summed E-state index contributed by atoms with van der Waals surface area (Å²) in [5.74, 6) is 2.41. The predicted molar refractivity (Wildman–Crippen MR) is 135 cm³/mol. The molecular weight excluding hydrogens is 436 g/mol. The van der Waals surface area contributed by atoms with E-state index in [1.807, 2.05) is 55.5 Å². The maximum Gasteiger partial charge on any atom is 0.134 e. The molecule has 6 heteroatoms. The Labute approximate surface area is 200 Å². The van der Waals surface area contributed by atoms with Gasteiger partial charge in [0.05, 0.1) is 19.8 Å². The zero-order valence-electron chi connectivity index (χ0n) is 19.3. The van der Waals surface area contributed by atoms with Gasteiger partial charge in [0.1, 0.15) is 17.2 Å². The van der Waals surface area contributed by atoms with Crippen LogP contribution in [0.15, 0.2) is 65.6 Å². The topological polar surface area (TPSA) is 68.2 Å². The number of aliphatic hydroxyl groups excluding tert-OH is 2. The SMILES string of the molecule is CCOc1c(-c2ccc(OCCCO)cc2)cc(SC)cc1-c1ccc(OCCCO)cc1. The maximum atomic E-state index is 8.94. The quantitative estimate of drug-likeness (QED) is 0.249. The van der Waals surface area contributed by atoms with Gasteiger partial charge in [-0.2, -0.15) is 0 Å². The number of thioether (sulfide) groups is 1. The Morgan fingerprint density at radius 3 is 1.52 bits per heavy atom.